The van der Waals surface area contributed by atoms with E-state index in [1.807, 2.05) is 12.1 Å². The van der Waals surface area contributed by atoms with Gasteiger partial charge in [0.15, 0.2) is 0 Å². The second kappa shape index (κ2) is 10.2. The summed E-state index contributed by atoms with van der Waals surface area (Å²) in [5, 5.41) is 4.26. The van der Waals surface area contributed by atoms with Crippen LogP contribution in [0.3, 0.4) is 0 Å². The van der Waals surface area contributed by atoms with E-state index in [0.29, 0.717) is 28.4 Å². The van der Waals surface area contributed by atoms with Gasteiger partial charge in [0.25, 0.3) is 0 Å². The summed E-state index contributed by atoms with van der Waals surface area (Å²) < 4.78 is 9.99. The summed E-state index contributed by atoms with van der Waals surface area (Å²) in [6, 6.07) is 13.7. The molecule has 142 valence electrons. The van der Waals surface area contributed by atoms with Crippen molar-refractivity contribution >= 4 is 40.1 Å². The van der Waals surface area contributed by atoms with Crippen molar-refractivity contribution in [2.45, 2.75) is 18.7 Å². The molecule has 0 aromatic heterocycles. The van der Waals surface area contributed by atoms with Crippen LogP contribution in [0.25, 0.3) is 0 Å². The summed E-state index contributed by atoms with van der Waals surface area (Å²) in [5.74, 6) is -0.948. The molecule has 3 N–H and O–H groups in total. The van der Waals surface area contributed by atoms with Crippen LogP contribution in [0.5, 0.6) is 0 Å². The highest BCUT2D eigenvalue weighted by molar-refractivity contribution is 8.15. The van der Waals surface area contributed by atoms with Crippen LogP contribution < -0.4 is 11.2 Å². The summed E-state index contributed by atoms with van der Waals surface area (Å²) in [4.78, 5) is 24.5. The maximum absolute atomic E-state index is 12.2. The molecule has 0 saturated carbocycles. The maximum atomic E-state index is 12.2. The number of benzene rings is 2. The van der Waals surface area contributed by atoms with Crippen LogP contribution in [0.4, 0.5) is 11.4 Å². The number of para-hydroxylation sites is 1. The van der Waals surface area contributed by atoms with Crippen molar-refractivity contribution < 1.29 is 19.1 Å². The molecule has 7 nitrogen and oxygen atoms in total. The number of rotatable bonds is 6. The Morgan fingerprint density at radius 2 is 1.70 bits per heavy atom. The normalized spacial score (nSPS) is 11.0. The summed E-state index contributed by atoms with van der Waals surface area (Å²) in [7, 11) is 0. The van der Waals surface area contributed by atoms with Crippen molar-refractivity contribution in [3.63, 3.8) is 0 Å². The molecule has 0 aliphatic carbocycles. The standard InChI is InChI=1S/C19H21N3O4S/c1-3-25-18(23)13-9-11-14(12-10-13)21-22-17(19(24)26-4-2)27-16-8-6-5-7-15(16)20/h5-12,21H,3-4,20H2,1-2H3/b22-17+. The zero-order chi connectivity index (χ0) is 19.6. The van der Waals surface area contributed by atoms with Gasteiger partial charge in [-0.25, -0.2) is 9.59 Å². The van der Waals surface area contributed by atoms with Gasteiger partial charge < -0.3 is 15.2 Å². The Bertz CT molecular complexity index is 822. The monoisotopic (exact) mass is 387 g/mol. The molecule has 0 unspecified atom stereocenters. The average Bonchev–Trinajstić information content (AvgIpc) is 2.67. The van der Waals surface area contributed by atoms with E-state index in [4.69, 9.17) is 15.2 Å². The minimum Gasteiger partial charge on any atom is -0.462 e. The molecule has 2 aromatic rings. The Labute approximate surface area is 161 Å². The Hall–Kier alpha value is -3.00. The first-order valence-electron chi connectivity index (χ1n) is 8.35. The molecule has 0 bridgehead atoms. The van der Waals surface area contributed by atoms with Crippen LogP contribution in [0.2, 0.25) is 0 Å². The summed E-state index contributed by atoms with van der Waals surface area (Å²) >= 11 is 1.11. The highest BCUT2D eigenvalue weighted by Crippen LogP contribution is 2.26. The lowest BCUT2D eigenvalue weighted by Gasteiger charge is -2.09. The van der Waals surface area contributed by atoms with E-state index in [9.17, 15) is 9.59 Å². The summed E-state index contributed by atoms with van der Waals surface area (Å²) in [6.07, 6.45) is 0. The predicted molar refractivity (Wildman–Crippen MR) is 107 cm³/mol. The first kappa shape index (κ1) is 20.3. The van der Waals surface area contributed by atoms with E-state index in [1.165, 1.54) is 0 Å². The van der Waals surface area contributed by atoms with E-state index < -0.39 is 11.9 Å². The van der Waals surface area contributed by atoms with E-state index in [1.54, 1.807) is 50.2 Å². The lowest BCUT2D eigenvalue weighted by molar-refractivity contribution is -0.134. The smallest absolute Gasteiger partial charge is 0.365 e. The van der Waals surface area contributed by atoms with Gasteiger partial charge in [-0.1, -0.05) is 23.9 Å². The maximum Gasteiger partial charge on any atom is 0.365 e. The highest BCUT2D eigenvalue weighted by Gasteiger charge is 2.16. The minimum atomic E-state index is -0.554. The third-order valence-corrected chi connectivity index (χ3v) is 4.30. The fraction of sp³-hybridized carbons (Fsp3) is 0.211. The van der Waals surface area contributed by atoms with Crippen LogP contribution in [0.1, 0.15) is 24.2 Å². The van der Waals surface area contributed by atoms with Crippen LogP contribution in [0.15, 0.2) is 58.5 Å². The number of esters is 2. The van der Waals surface area contributed by atoms with Crippen molar-refractivity contribution in [3.8, 4) is 0 Å². The number of nitrogen functional groups attached to an aromatic ring is 1. The second-order valence-corrected chi connectivity index (χ2v) is 6.22. The number of nitrogens with one attached hydrogen (secondary N) is 1. The van der Waals surface area contributed by atoms with E-state index >= 15 is 0 Å². The van der Waals surface area contributed by atoms with Crippen molar-refractivity contribution in [1.82, 2.24) is 0 Å². The molecule has 0 fully saturated rings. The average molecular weight is 387 g/mol. The van der Waals surface area contributed by atoms with Gasteiger partial charge in [0, 0.05) is 10.6 Å². The molecule has 27 heavy (non-hydrogen) atoms. The third-order valence-electron chi connectivity index (χ3n) is 3.26. The number of anilines is 2. The molecule has 2 rings (SSSR count). The first-order valence-corrected chi connectivity index (χ1v) is 9.17. The zero-order valence-corrected chi connectivity index (χ0v) is 15.9. The Morgan fingerprint density at radius 1 is 1.04 bits per heavy atom. The van der Waals surface area contributed by atoms with Gasteiger partial charge in [-0.2, -0.15) is 5.10 Å². The van der Waals surface area contributed by atoms with Crippen molar-refractivity contribution in [2.75, 3.05) is 24.4 Å². The van der Waals surface area contributed by atoms with Gasteiger partial charge in [-0.15, -0.1) is 0 Å². The number of hydrogen-bond acceptors (Lipinski definition) is 8. The number of hydrazone groups is 1. The SMILES string of the molecule is CCOC(=O)/C(=N\Nc1ccc(C(=O)OCC)cc1)Sc1ccccc1N. The van der Waals surface area contributed by atoms with Crippen LogP contribution in [-0.2, 0) is 14.3 Å². The number of hydrogen-bond donors (Lipinski definition) is 2. The molecular formula is C19H21N3O4S. The number of carbonyl (C=O) groups excluding carboxylic acids is 2. The molecule has 0 aliphatic heterocycles. The molecule has 0 saturated heterocycles. The number of nitrogens with zero attached hydrogens (tertiary/aromatic N) is 1. The lowest BCUT2D eigenvalue weighted by atomic mass is 10.2. The van der Waals surface area contributed by atoms with Gasteiger partial charge in [-0.3, -0.25) is 5.43 Å². The van der Waals surface area contributed by atoms with Crippen molar-refractivity contribution in [3.05, 3.63) is 54.1 Å². The molecule has 0 radical (unpaired) electrons. The van der Waals surface area contributed by atoms with Crippen molar-refractivity contribution in [1.29, 1.82) is 0 Å². The molecule has 0 amide bonds. The number of ether oxygens (including phenoxy) is 2. The second-order valence-electron chi connectivity index (χ2n) is 5.19. The molecule has 0 aliphatic rings. The predicted octanol–water partition coefficient (Wildman–Crippen LogP) is 3.53. The zero-order valence-electron chi connectivity index (χ0n) is 15.1. The molecule has 0 heterocycles. The highest BCUT2D eigenvalue weighted by atomic mass is 32.2. The van der Waals surface area contributed by atoms with Gasteiger partial charge in [0.2, 0.25) is 5.04 Å². The van der Waals surface area contributed by atoms with Gasteiger partial charge in [0.1, 0.15) is 0 Å². The molecule has 8 heteroatoms. The fourth-order valence-corrected chi connectivity index (χ4v) is 2.77. The van der Waals surface area contributed by atoms with Crippen molar-refractivity contribution in [2.24, 2.45) is 5.10 Å². The molecule has 2 aromatic carbocycles. The molecular weight excluding hydrogens is 366 g/mol. The van der Waals surface area contributed by atoms with E-state index in [2.05, 4.69) is 10.5 Å². The number of thioether (sulfide) groups is 1. The summed E-state index contributed by atoms with van der Waals surface area (Å²) in [6.45, 7) is 4.01. The van der Waals surface area contributed by atoms with Crippen LogP contribution in [-0.4, -0.2) is 30.2 Å². The quantitative estimate of drug-likeness (QED) is 0.195. The lowest BCUT2D eigenvalue weighted by Crippen LogP contribution is -2.16. The van der Waals surface area contributed by atoms with E-state index in [-0.39, 0.29) is 11.7 Å². The number of nitrogens with two attached hydrogens (primary N) is 1. The Morgan fingerprint density at radius 3 is 2.33 bits per heavy atom. The topological polar surface area (TPSA) is 103 Å². The molecule has 0 atom stereocenters. The third kappa shape index (κ3) is 6.03. The fourth-order valence-electron chi connectivity index (χ4n) is 1.99. The van der Waals surface area contributed by atoms with Gasteiger partial charge in [-0.05, 0) is 50.2 Å². The van der Waals surface area contributed by atoms with Gasteiger partial charge >= 0.3 is 11.9 Å². The number of carbonyl (C=O) groups is 2. The Kier molecular flexibility index (Phi) is 7.69. The van der Waals surface area contributed by atoms with E-state index in [0.717, 1.165) is 11.8 Å². The molecule has 0 spiro atoms. The Balaban J connectivity index is 2.15. The largest absolute Gasteiger partial charge is 0.462 e. The first-order chi connectivity index (χ1) is 13.0. The van der Waals surface area contributed by atoms with Crippen LogP contribution >= 0.6 is 11.8 Å². The summed E-state index contributed by atoms with van der Waals surface area (Å²) in [5.41, 5.74) is 10.3. The minimum absolute atomic E-state index is 0.115. The van der Waals surface area contributed by atoms with Gasteiger partial charge in [0.05, 0.1) is 24.5 Å². The van der Waals surface area contributed by atoms with Crippen LogP contribution in [0, 0.1) is 0 Å².